The first-order chi connectivity index (χ1) is 10.1. The third-order valence-corrected chi connectivity index (χ3v) is 4.18. The Morgan fingerprint density at radius 1 is 1.52 bits per heavy atom. The van der Waals surface area contributed by atoms with Gasteiger partial charge in [0.2, 0.25) is 0 Å². The van der Waals surface area contributed by atoms with Crippen LogP contribution in [0.15, 0.2) is 23.7 Å². The molecule has 0 bridgehead atoms. The number of thiophene rings is 1. The van der Waals surface area contributed by atoms with E-state index in [-0.39, 0.29) is 11.6 Å². The van der Waals surface area contributed by atoms with E-state index < -0.39 is 17.9 Å². The Morgan fingerprint density at radius 2 is 2.33 bits per heavy atom. The molecule has 2 aromatic rings. The first-order valence-electron chi connectivity index (χ1n) is 6.59. The fourth-order valence-corrected chi connectivity index (χ4v) is 2.76. The summed E-state index contributed by atoms with van der Waals surface area (Å²) < 4.78 is 1.56. The van der Waals surface area contributed by atoms with Crippen LogP contribution < -0.4 is 5.32 Å². The van der Waals surface area contributed by atoms with Crippen LogP contribution in [0.1, 0.15) is 28.2 Å². The van der Waals surface area contributed by atoms with Crippen molar-refractivity contribution in [1.82, 2.24) is 20.3 Å². The van der Waals surface area contributed by atoms with E-state index in [0.29, 0.717) is 6.54 Å². The topological polar surface area (TPSA) is 97.1 Å². The van der Waals surface area contributed by atoms with Gasteiger partial charge in [0.25, 0.3) is 5.91 Å². The van der Waals surface area contributed by atoms with Crippen molar-refractivity contribution >= 4 is 23.2 Å². The molecule has 2 aromatic heterocycles. The monoisotopic (exact) mass is 306 g/mol. The Kier molecular flexibility index (Phi) is 3.70. The molecule has 0 aliphatic heterocycles. The second-order valence-corrected chi connectivity index (χ2v) is 6.04. The second kappa shape index (κ2) is 5.65. The maximum atomic E-state index is 12.0. The average Bonchev–Trinajstić information content (AvgIpc) is 2.96. The molecule has 3 rings (SSSR count). The lowest BCUT2D eigenvalue weighted by atomic mass is 10.2. The maximum Gasteiger partial charge on any atom is 0.326 e. The SMILES string of the molecule is O=C(NC(C(=O)O)C1CC1)c1cn(Cc2cccs2)nn1. The number of nitrogens with zero attached hydrogens (tertiary/aromatic N) is 3. The molecule has 1 saturated carbocycles. The molecule has 1 atom stereocenters. The quantitative estimate of drug-likeness (QED) is 0.829. The third-order valence-electron chi connectivity index (χ3n) is 3.32. The number of rotatable bonds is 6. The zero-order chi connectivity index (χ0) is 14.8. The predicted molar refractivity (Wildman–Crippen MR) is 75.1 cm³/mol. The summed E-state index contributed by atoms with van der Waals surface area (Å²) in [5.41, 5.74) is 0.137. The van der Waals surface area contributed by atoms with Crippen molar-refractivity contribution in [3.05, 3.63) is 34.3 Å². The van der Waals surface area contributed by atoms with E-state index in [0.717, 1.165) is 17.7 Å². The number of aliphatic carboxylic acids is 1. The Bertz CT molecular complexity index is 648. The van der Waals surface area contributed by atoms with Crippen LogP contribution in [-0.4, -0.2) is 38.0 Å². The van der Waals surface area contributed by atoms with E-state index >= 15 is 0 Å². The Morgan fingerprint density at radius 3 is 2.95 bits per heavy atom. The van der Waals surface area contributed by atoms with E-state index in [1.54, 1.807) is 16.0 Å². The van der Waals surface area contributed by atoms with Crippen LogP contribution in [0.3, 0.4) is 0 Å². The molecule has 0 radical (unpaired) electrons. The summed E-state index contributed by atoms with van der Waals surface area (Å²) in [6, 6.07) is 3.08. The largest absolute Gasteiger partial charge is 0.480 e. The van der Waals surface area contributed by atoms with E-state index in [9.17, 15) is 9.59 Å². The van der Waals surface area contributed by atoms with Gasteiger partial charge in [-0.1, -0.05) is 11.3 Å². The van der Waals surface area contributed by atoms with Crippen molar-refractivity contribution in [3.63, 3.8) is 0 Å². The third kappa shape index (κ3) is 3.27. The van der Waals surface area contributed by atoms with Crippen molar-refractivity contribution in [3.8, 4) is 0 Å². The van der Waals surface area contributed by atoms with Gasteiger partial charge in [-0.3, -0.25) is 4.79 Å². The minimum absolute atomic E-state index is 0.0348. The Balaban J connectivity index is 1.64. The van der Waals surface area contributed by atoms with E-state index in [4.69, 9.17) is 5.11 Å². The summed E-state index contributed by atoms with van der Waals surface area (Å²) in [4.78, 5) is 24.2. The number of amides is 1. The van der Waals surface area contributed by atoms with Crippen LogP contribution in [0.4, 0.5) is 0 Å². The number of carbonyl (C=O) groups is 2. The van der Waals surface area contributed by atoms with Gasteiger partial charge in [-0.25, -0.2) is 9.48 Å². The molecule has 1 aliphatic rings. The highest BCUT2D eigenvalue weighted by Crippen LogP contribution is 2.32. The summed E-state index contributed by atoms with van der Waals surface area (Å²) in [7, 11) is 0. The zero-order valence-corrected chi connectivity index (χ0v) is 11.9. The number of carbonyl (C=O) groups excluding carboxylic acids is 1. The molecular formula is C13H14N4O3S. The molecule has 0 saturated heterocycles. The van der Waals surface area contributed by atoms with Crippen LogP contribution in [0, 0.1) is 5.92 Å². The minimum Gasteiger partial charge on any atom is -0.480 e. The summed E-state index contributed by atoms with van der Waals surface area (Å²) in [5, 5.41) is 21.3. The van der Waals surface area contributed by atoms with Crippen molar-refractivity contribution < 1.29 is 14.7 Å². The number of carboxylic acids is 1. The number of hydrogen-bond acceptors (Lipinski definition) is 5. The van der Waals surface area contributed by atoms with E-state index in [2.05, 4.69) is 15.6 Å². The van der Waals surface area contributed by atoms with Gasteiger partial charge < -0.3 is 10.4 Å². The molecule has 0 spiro atoms. The maximum absolute atomic E-state index is 12.0. The fraction of sp³-hybridized carbons (Fsp3) is 0.385. The Hall–Kier alpha value is -2.22. The Labute approximate surface area is 124 Å². The molecule has 2 heterocycles. The highest BCUT2D eigenvalue weighted by Gasteiger charge is 2.37. The zero-order valence-electron chi connectivity index (χ0n) is 11.1. The predicted octanol–water partition coefficient (Wildman–Crippen LogP) is 0.981. The molecule has 1 unspecified atom stereocenters. The first-order valence-corrected chi connectivity index (χ1v) is 7.47. The lowest BCUT2D eigenvalue weighted by Crippen LogP contribution is -2.42. The molecule has 8 heteroatoms. The summed E-state index contributed by atoms with van der Waals surface area (Å²) in [6.45, 7) is 0.545. The second-order valence-electron chi connectivity index (χ2n) is 5.01. The van der Waals surface area contributed by atoms with Gasteiger partial charge in [0, 0.05) is 4.88 Å². The average molecular weight is 306 g/mol. The molecule has 110 valence electrons. The number of nitrogens with one attached hydrogen (secondary N) is 1. The molecule has 1 fully saturated rings. The van der Waals surface area contributed by atoms with Crippen LogP contribution in [0.2, 0.25) is 0 Å². The fourth-order valence-electron chi connectivity index (χ4n) is 2.07. The van der Waals surface area contributed by atoms with Crippen molar-refractivity contribution in [2.24, 2.45) is 5.92 Å². The van der Waals surface area contributed by atoms with Crippen LogP contribution in [0.5, 0.6) is 0 Å². The molecule has 1 aliphatic carbocycles. The molecule has 2 N–H and O–H groups in total. The summed E-state index contributed by atoms with van der Waals surface area (Å²) in [5.74, 6) is -1.46. The van der Waals surface area contributed by atoms with Crippen molar-refractivity contribution in [2.45, 2.75) is 25.4 Å². The first kappa shape index (κ1) is 13.7. The van der Waals surface area contributed by atoms with Gasteiger partial charge in [-0.05, 0) is 30.2 Å². The van der Waals surface area contributed by atoms with Gasteiger partial charge in [0.1, 0.15) is 6.04 Å². The van der Waals surface area contributed by atoms with E-state index in [1.165, 1.54) is 6.20 Å². The summed E-state index contributed by atoms with van der Waals surface area (Å²) in [6.07, 6.45) is 3.20. The van der Waals surface area contributed by atoms with Gasteiger partial charge in [-0.15, -0.1) is 16.4 Å². The van der Waals surface area contributed by atoms with Crippen LogP contribution in [-0.2, 0) is 11.3 Å². The molecule has 0 aromatic carbocycles. The lowest BCUT2D eigenvalue weighted by Gasteiger charge is -2.11. The smallest absolute Gasteiger partial charge is 0.326 e. The highest BCUT2D eigenvalue weighted by atomic mass is 32.1. The lowest BCUT2D eigenvalue weighted by molar-refractivity contribution is -0.139. The van der Waals surface area contributed by atoms with Gasteiger partial charge in [0.15, 0.2) is 5.69 Å². The van der Waals surface area contributed by atoms with E-state index in [1.807, 2.05) is 17.5 Å². The molecular weight excluding hydrogens is 292 g/mol. The molecule has 1 amide bonds. The van der Waals surface area contributed by atoms with Crippen molar-refractivity contribution in [2.75, 3.05) is 0 Å². The normalized spacial score (nSPS) is 15.6. The number of aromatic nitrogens is 3. The molecule has 21 heavy (non-hydrogen) atoms. The van der Waals surface area contributed by atoms with Crippen molar-refractivity contribution in [1.29, 1.82) is 0 Å². The minimum atomic E-state index is -1.00. The molecule has 7 nitrogen and oxygen atoms in total. The van der Waals surface area contributed by atoms with Gasteiger partial charge in [0.05, 0.1) is 12.7 Å². The van der Waals surface area contributed by atoms with Gasteiger partial charge in [-0.2, -0.15) is 0 Å². The number of carboxylic acid groups (broad SMARTS) is 1. The standard InChI is InChI=1S/C13H14N4O3S/c18-12(14-11(13(19)20)8-3-4-8)10-7-17(16-15-10)6-9-2-1-5-21-9/h1-2,5,7-8,11H,3-4,6H2,(H,14,18)(H,19,20). The summed E-state index contributed by atoms with van der Waals surface area (Å²) >= 11 is 1.60. The van der Waals surface area contributed by atoms with Crippen LogP contribution in [0.25, 0.3) is 0 Å². The highest BCUT2D eigenvalue weighted by molar-refractivity contribution is 7.09. The number of hydrogen-bond donors (Lipinski definition) is 2. The van der Waals surface area contributed by atoms with Gasteiger partial charge >= 0.3 is 5.97 Å². The van der Waals surface area contributed by atoms with Crippen LogP contribution >= 0.6 is 11.3 Å².